The van der Waals surface area contributed by atoms with Crippen molar-refractivity contribution in [2.24, 2.45) is 7.05 Å². The summed E-state index contributed by atoms with van der Waals surface area (Å²) in [4.78, 5) is 20.0. The van der Waals surface area contributed by atoms with Crippen LogP contribution < -0.4 is 9.62 Å². The molecule has 0 bridgehead atoms. The fourth-order valence-electron chi connectivity index (χ4n) is 5.61. The molecule has 1 aromatic heterocycles. The van der Waals surface area contributed by atoms with Gasteiger partial charge in [0, 0.05) is 37.6 Å². The average molecular weight is 575 g/mol. The van der Waals surface area contributed by atoms with Crippen molar-refractivity contribution in [3.8, 4) is 0 Å². The van der Waals surface area contributed by atoms with Crippen LogP contribution in [-0.4, -0.2) is 23.9 Å². The quantitative estimate of drug-likeness (QED) is 0.266. The van der Waals surface area contributed by atoms with Gasteiger partial charge in [-0.1, -0.05) is 57.2 Å². The van der Waals surface area contributed by atoms with Crippen molar-refractivity contribution in [1.82, 2.24) is 14.3 Å². The number of fused-ring (bicyclic) bond motifs is 1. The number of hydrogen-bond acceptors (Lipinski definition) is 4. The zero-order valence-corrected chi connectivity index (χ0v) is 24.5. The second-order valence-electron chi connectivity index (χ2n) is 11.4. The first kappa shape index (κ1) is 28.7. The molecule has 1 aliphatic carbocycles. The Morgan fingerprint density at radius 2 is 1.83 bits per heavy atom. The zero-order chi connectivity index (χ0) is 29.4. The van der Waals surface area contributed by atoms with E-state index in [0.29, 0.717) is 18.5 Å². The van der Waals surface area contributed by atoms with Crippen molar-refractivity contribution in [2.75, 3.05) is 4.90 Å². The molecule has 214 valence electrons. The third kappa shape index (κ3) is 6.11. The van der Waals surface area contributed by atoms with E-state index in [9.17, 15) is 17.6 Å². The van der Waals surface area contributed by atoms with Crippen LogP contribution in [0.25, 0.3) is 0 Å². The number of carbonyl (C=O) groups is 1. The van der Waals surface area contributed by atoms with Crippen LogP contribution in [0.4, 0.5) is 10.1 Å². The molecule has 0 spiro atoms. The average Bonchev–Trinajstić information content (AvgIpc) is 3.45. The van der Waals surface area contributed by atoms with Crippen molar-refractivity contribution in [3.63, 3.8) is 0 Å². The molecule has 1 aliphatic rings. The lowest BCUT2D eigenvalue weighted by Crippen LogP contribution is -2.32. The predicted molar refractivity (Wildman–Crippen MR) is 157 cm³/mol. The molecule has 0 saturated carbocycles. The SMILES string of the molecule is C[C@@H](CC(=O)N(Cc1nccn1C)c1ccc2c(c1)[C@H](NS(=O)(=O)c1ccc(F)cc1)CC2(C)C)c1ccccc1. The highest BCUT2D eigenvalue weighted by Gasteiger charge is 2.39. The number of amides is 1. The van der Waals surface area contributed by atoms with Gasteiger partial charge in [-0.05, 0) is 70.8 Å². The molecule has 0 fully saturated rings. The topological polar surface area (TPSA) is 84.3 Å². The molecule has 5 rings (SSSR count). The van der Waals surface area contributed by atoms with E-state index in [2.05, 4.69) is 23.6 Å². The van der Waals surface area contributed by atoms with Gasteiger partial charge < -0.3 is 9.47 Å². The van der Waals surface area contributed by atoms with Gasteiger partial charge in [0.2, 0.25) is 15.9 Å². The van der Waals surface area contributed by atoms with Gasteiger partial charge in [-0.3, -0.25) is 4.79 Å². The first-order chi connectivity index (χ1) is 19.4. The number of rotatable bonds is 9. The summed E-state index contributed by atoms with van der Waals surface area (Å²) >= 11 is 0. The number of hydrogen-bond donors (Lipinski definition) is 1. The summed E-state index contributed by atoms with van der Waals surface area (Å²) in [6.45, 7) is 6.47. The molecule has 7 nitrogen and oxygen atoms in total. The number of nitrogens with one attached hydrogen (secondary N) is 1. The van der Waals surface area contributed by atoms with Crippen LogP contribution in [0.1, 0.15) is 68.1 Å². The van der Waals surface area contributed by atoms with E-state index in [1.54, 1.807) is 11.1 Å². The molecule has 1 N–H and O–H groups in total. The summed E-state index contributed by atoms with van der Waals surface area (Å²) in [5.41, 5.74) is 3.33. The number of sulfonamides is 1. The van der Waals surface area contributed by atoms with E-state index in [-0.39, 0.29) is 28.7 Å². The molecule has 1 amide bonds. The monoisotopic (exact) mass is 574 g/mol. The summed E-state index contributed by atoms with van der Waals surface area (Å²) in [5.74, 6) is 0.196. The second-order valence-corrected chi connectivity index (χ2v) is 13.2. The highest BCUT2D eigenvalue weighted by Crippen LogP contribution is 2.46. The van der Waals surface area contributed by atoms with Gasteiger partial charge in [0.15, 0.2) is 0 Å². The fourth-order valence-corrected chi connectivity index (χ4v) is 6.83. The van der Waals surface area contributed by atoms with Crippen molar-refractivity contribution in [3.05, 3.63) is 114 Å². The van der Waals surface area contributed by atoms with Crippen molar-refractivity contribution < 1.29 is 17.6 Å². The molecule has 0 saturated heterocycles. The molecule has 3 aromatic carbocycles. The number of carbonyl (C=O) groups excluding carboxylic acids is 1. The van der Waals surface area contributed by atoms with Gasteiger partial charge in [-0.15, -0.1) is 0 Å². The van der Waals surface area contributed by atoms with Crippen LogP contribution in [0.3, 0.4) is 0 Å². The van der Waals surface area contributed by atoms with Crippen molar-refractivity contribution >= 4 is 21.6 Å². The number of nitrogens with zero attached hydrogens (tertiary/aromatic N) is 3. The molecule has 0 radical (unpaired) electrons. The lowest BCUT2D eigenvalue weighted by atomic mass is 9.86. The molecule has 2 atom stereocenters. The van der Waals surface area contributed by atoms with Gasteiger partial charge in [-0.25, -0.2) is 22.5 Å². The first-order valence-electron chi connectivity index (χ1n) is 13.7. The van der Waals surface area contributed by atoms with Crippen LogP contribution in [0, 0.1) is 5.82 Å². The molecule has 0 aliphatic heterocycles. The minimum absolute atomic E-state index is 0.00259. The van der Waals surface area contributed by atoms with E-state index >= 15 is 0 Å². The molecule has 9 heteroatoms. The summed E-state index contributed by atoms with van der Waals surface area (Å²) < 4.78 is 44.7. The molecular formula is C32H35FN4O3S. The summed E-state index contributed by atoms with van der Waals surface area (Å²) in [7, 11) is -2.01. The summed E-state index contributed by atoms with van der Waals surface area (Å²) in [5, 5.41) is 0. The Labute approximate surface area is 241 Å². The van der Waals surface area contributed by atoms with Crippen LogP contribution in [0.15, 0.2) is 90.1 Å². The molecule has 0 unspecified atom stereocenters. The predicted octanol–water partition coefficient (Wildman–Crippen LogP) is 5.99. The van der Waals surface area contributed by atoms with Gasteiger partial charge in [-0.2, -0.15) is 0 Å². The Kier molecular flexibility index (Phi) is 7.85. The largest absolute Gasteiger partial charge is 0.337 e. The number of halogens is 1. The Morgan fingerprint density at radius 3 is 2.49 bits per heavy atom. The van der Waals surface area contributed by atoms with Crippen molar-refractivity contribution in [1.29, 1.82) is 0 Å². The summed E-state index contributed by atoms with van der Waals surface area (Å²) in [6, 6.07) is 20.1. The Morgan fingerprint density at radius 1 is 1.12 bits per heavy atom. The second kappa shape index (κ2) is 11.2. The first-order valence-corrected chi connectivity index (χ1v) is 15.2. The van der Waals surface area contributed by atoms with E-state index in [1.807, 2.05) is 73.3 Å². The lowest BCUT2D eigenvalue weighted by Gasteiger charge is -2.26. The fraction of sp³-hybridized carbons (Fsp3) is 0.312. The van der Waals surface area contributed by atoms with Crippen LogP contribution in [-0.2, 0) is 33.8 Å². The molecule has 41 heavy (non-hydrogen) atoms. The number of imidazole rings is 1. The van der Waals surface area contributed by atoms with E-state index in [1.165, 1.54) is 12.1 Å². The third-order valence-corrected chi connectivity index (χ3v) is 9.45. The van der Waals surface area contributed by atoms with E-state index < -0.39 is 21.9 Å². The Hall–Kier alpha value is -3.82. The third-order valence-electron chi connectivity index (χ3n) is 7.96. The zero-order valence-electron chi connectivity index (χ0n) is 23.7. The van der Waals surface area contributed by atoms with E-state index in [0.717, 1.165) is 34.6 Å². The number of benzene rings is 3. The maximum absolute atomic E-state index is 13.9. The minimum Gasteiger partial charge on any atom is -0.337 e. The minimum atomic E-state index is -3.91. The number of aryl methyl sites for hydroxylation is 1. The van der Waals surface area contributed by atoms with Gasteiger partial charge in [0.25, 0.3) is 0 Å². The Bertz CT molecular complexity index is 1650. The molecule has 4 aromatic rings. The van der Waals surface area contributed by atoms with Gasteiger partial charge in [0.05, 0.1) is 11.4 Å². The highest BCUT2D eigenvalue weighted by atomic mass is 32.2. The number of aromatic nitrogens is 2. The van der Waals surface area contributed by atoms with E-state index in [4.69, 9.17) is 0 Å². The highest BCUT2D eigenvalue weighted by molar-refractivity contribution is 7.89. The lowest BCUT2D eigenvalue weighted by molar-refractivity contribution is -0.119. The van der Waals surface area contributed by atoms with Crippen LogP contribution >= 0.6 is 0 Å². The van der Waals surface area contributed by atoms with Crippen LogP contribution in [0.2, 0.25) is 0 Å². The summed E-state index contributed by atoms with van der Waals surface area (Å²) in [6.07, 6.45) is 4.40. The number of anilines is 1. The van der Waals surface area contributed by atoms with Gasteiger partial charge >= 0.3 is 0 Å². The maximum atomic E-state index is 13.9. The smallest absolute Gasteiger partial charge is 0.241 e. The van der Waals surface area contributed by atoms with Crippen LogP contribution in [0.5, 0.6) is 0 Å². The Balaban J connectivity index is 1.49. The standard InChI is InChI=1S/C32H35FN4O3S/c1-22(23-8-6-5-7-9-23)18-31(38)37(21-30-34-16-17-36(30)4)25-12-15-28-27(19-25)29(20-32(28,2)3)35-41(39,40)26-13-10-24(33)11-14-26/h5-17,19,22,29,35H,18,20-21H2,1-4H3/t22-,29+/m0/s1. The normalized spacial score (nSPS) is 16.8. The van der Waals surface area contributed by atoms with Crippen molar-refractivity contribution in [2.45, 2.75) is 62.4 Å². The molecular weight excluding hydrogens is 539 g/mol. The maximum Gasteiger partial charge on any atom is 0.241 e. The molecule has 1 heterocycles. The van der Waals surface area contributed by atoms with Gasteiger partial charge in [0.1, 0.15) is 11.6 Å².